The third-order valence-corrected chi connectivity index (χ3v) is 4.23. The molecule has 2 N–H and O–H groups in total. The molecule has 132 valence electrons. The van der Waals surface area contributed by atoms with Crippen molar-refractivity contribution in [3.63, 3.8) is 0 Å². The maximum absolute atomic E-state index is 12.0. The zero-order valence-corrected chi connectivity index (χ0v) is 14.6. The molecular formula is C22H22N2O2. The topological polar surface area (TPSA) is 58.2 Å². The number of benzene rings is 3. The summed E-state index contributed by atoms with van der Waals surface area (Å²) in [6.07, 6.45) is 0.439. The van der Waals surface area contributed by atoms with Crippen LogP contribution in [0, 0.1) is 0 Å². The second kappa shape index (κ2) is 8.81. The van der Waals surface area contributed by atoms with Crippen molar-refractivity contribution >= 4 is 28.2 Å². The van der Waals surface area contributed by atoms with Gasteiger partial charge >= 0.3 is 0 Å². The van der Waals surface area contributed by atoms with Crippen LogP contribution in [0.5, 0.6) is 0 Å². The molecule has 0 spiro atoms. The number of amides is 1. The van der Waals surface area contributed by atoms with Gasteiger partial charge in [0.15, 0.2) is 5.78 Å². The molecule has 0 bridgehead atoms. The molecule has 0 aliphatic rings. The number of rotatable bonds is 8. The summed E-state index contributed by atoms with van der Waals surface area (Å²) in [5.41, 5.74) is 1.70. The highest BCUT2D eigenvalue weighted by atomic mass is 16.2. The van der Waals surface area contributed by atoms with Gasteiger partial charge in [-0.2, -0.15) is 0 Å². The Morgan fingerprint density at radius 1 is 0.731 bits per heavy atom. The van der Waals surface area contributed by atoms with Crippen molar-refractivity contribution < 1.29 is 9.59 Å². The second-order valence-corrected chi connectivity index (χ2v) is 6.09. The fourth-order valence-corrected chi connectivity index (χ4v) is 2.86. The lowest BCUT2D eigenvalue weighted by atomic mass is 10.1. The molecule has 0 heterocycles. The molecule has 3 rings (SSSR count). The molecule has 0 aliphatic heterocycles. The van der Waals surface area contributed by atoms with E-state index in [-0.39, 0.29) is 24.5 Å². The summed E-state index contributed by atoms with van der Waals surface area (Å²) in [4.78, 5) is 23.9. The minimum atomic E-state index is -0.103. The van der Waals surface area contributed by atoms with Crippen LogP contribution < -0.4 is 10.6 Å². The number of carbonyl (C=O) groups is 2. The van der Waals surface area contributed by atoms with Crippen LogP contribution in [-0.2, 0) is 4.79 Å². The zero-order chi connectivity index (χ0) is 18.2. The van der Waals surface area contributed by atoms with E-state index in [4.69, 9.17) is 0 Å². The van der Waals surface area contributed by atoms with E-state index in [0.717, 1.165) is 11.1 Å². The Morgan fingerprint density at radius 3 is 2.31 bits per heavy atom. The SMILES string of the molecule is O=C(CCC(=O)c1ccccc1)NCCNc1cccc2ccccc12. The van der Waals surface area contributed by atoms with Gasteiger partial charge in [-0.15, -0.1) is 0 Å². The summed E-state index contributed by atoms with van der Waals surface area (Å²) in [5, 5.41) is 8.55. The van der Waals surface area contributed by atoms with Crippen LogP contribution in [0.3, 0.4) is 0 Å². The Morgan fingerprint density at radius 2 is 1.46 bits per heavy atom. The van der Waals surface area contributed by atoms with E-state index in [1.54, 1.807) is 12.1 Å². The van der Waals surface area contributed by atoms with E-state index in [9.17, 15) is 9.59 Å². The van der Waals surface area contributed by atoms with Crippen LogP contribution in [-0.4, -0.2) is 24.8 Å². The Labute approximate surface area is 153 Å². The maximum Gasteiger partial charge on any atom is 0.220 e. The normalized spacial score (nSPS) is 10.5. The van der Waals surface area contributed by atoms with Crippen LogP contribution in [0.2, 0.25) is 0 Å². The van der Waals surface area contributed by atoms with Crippen molar-refractivity contribution in [3.05, 3.63) is 78.4 Å². The van der Waals surface area contributed by atoms with Gasteiger partial charge in [0.25, 0.3) is 0 Å². The number of hydrogen-bond acceptors (Lipinski definition) is 3. The first-order valence-corrected chi connectivity index (χ1v) is 8.80. The third-order valence-electron chi connectivity index (χ3n) is 4.23. The summed E-state index contributed by atoms with van der Waals surface area (Å²) in [7, 11) is 0. The average molecular weight is 346 g/mol. The smallest absolute Gasteiger partial charge is 0.220 e. The molecule has 0 aromatic heterocycles. The van der Waals surface area contributed by atoms with E-state index in [0.29, 0.717) is 18.7 Å². The Hall–Kier alpha value is -3.14. The van der Waals surface area contributed by atoms with Gasteiger partial charge in [0.2, 0.25) is 5.91 Å². The molecule has 0 saturated heterocycles. The number of nitrogens with one attached hydrogen (secondary N) is 2. The number of Topliss-reactive ketones (excluding diaryl/α,β-unsaturated/α-hetero) is 1. The van der Waals surface area contributed by atoms with Crippen molar-refractivity contribution in [2.24, 2.45) is 0 Å². The van der Waals surface area contributed by atoms with Crippen LogP contribution >= 0.6 is 0 Å². The molecule has 3 aromatic carbocycles. The first kappa shape index (κ1) is 17.7. The van der Waals surface area contributed by atoms with E-state index < -0.39 is 0 Å². The standard InChI is InChI=1S/C22H22N2O2/c25-21(18-8-2-1-3-9-18)13-14-22(26)24-16-15-23-20-12-6-10-17-7-4-5-11-19(17)20/h1-12,23H,13-16H2,(H,24,26). The van der Waals surface area contributed by atoms with E-state index in [1.165, 1.54) is 5.39 Å². The quantitative estimate of drug-likeness (QED) is 0.478. The van der Waals surface area contributed by atoms with Gasteiger partial charge in [0.1, 0.15) is 0 Å². The van der Waals surface area contributed by atoms with E-state index in [2.05, 4.69) is 28.8 Å². The molecule has 0 aliphatic carbocycles. The molecule has 4 nitrogen and oxygen atoms in total. The zero-order valence-electron chi connectivity index (χ0n) is 14.6. The van der Waals surface area contributed by atoms with Crippen molar-refractivity contribution in [2.75, 3.05) is 18.4 Å². The van der Waals surface area contributed by atoms with Gasteiger partial charge in [-0.3, -0.25) is 9.59 Å². The molecule has 1 amide bonds. The Balaban J connectivity index is 1.41. The molecule has 0 fully saturated rings. The van der Waals surface area contributed by atoms with E-state index >= 15 is 0 Å². The highest BCUT2D eigenvalue weighted by molar-refractivity contribution is 5.98. The lowest BCUT2D eigenvalue weighted by molar-refractivity contribution is -0.120. The molecule has 3 aromatic rings. The molecule has 26 heavy (non-hydrogen) atoms. The highest BCUT2D eigenvalue weighted by Crippen LogP contribution is 2.22. The van der Waals surface area contributed by atoms with E-state index in [1.807, 2.05) is 42.5 Å². The van der Waals surface area contributed by atoms with Crippen LogP contribution in [0.4, 0.5) is 5.69 Å². The number of anilines is 1. The summed E-state index contributed by atoms with van der Waals surface area (Å²) in [6.45, 7) is 1.15. The first-order chi connectivity index (χ1) is 12.7. The largest absolute Gasteiger partial charge is 0.383 e. The lowest BCUT2D eigenvalue weighted by Gasteiger charge is -2.10. The van der Waals surface area contributed by atoms with Gasteiger partial charge < -0.3 is 10.6 Å². The second-order valence-electron chi connectivity index (χ2n) is 6.09. The number of hydrogen-bond donors (Lipinski definition) is 2. The van der Waals surface area contributed by atoms with Crippen molar-refractivity contribution in [3.8, 4) is 0 Å². The predicted octanol–water partition coefficient (Wildman–Crippen LogP) is 4.03. The molecule has 4 heteroatoms. The molecule has 0 radical (unpaired) electrons. The van der Waals surface area contributed by atoms with Crippen LogP contribution in [0.15, 0.2) is 72.8 Å². The van der Waals surface area contributed by atoms with Crippen LogP contribution in [0.25, 0.3) is 10.8 Å². The first-order valence-electron chi connectivity index (χ1n) is 8.80. The van der Waals surface area contributed by atoms with Crippen LogP contribution in [0.1, 0.15) is 23.2 Å². The summed E-state index contributed by atoms with van der Waals surface area (Å²) in [5.74, 6) is -0.108. The van der Waals surface area contributed by atoms with Gasteiger partial charge in [-0.1, -0.05) is 66.7 Å². The van der Waals surface area contributed by atoms with Crippen molar-refractivity contribution in [1.82, 2.24) is 5.32 Å². The lowest BCUT2D eigenvalue weighted by Crippen LogP contribution is -2.29. The third kappa shape index (κ3) is 4.70. The monoisotopic (exact) mass is 346 g/mol. The molecule has 0 atom stereocenters. The molecular weight excluding hydrogens is 324 g/mol. The molecule has 0 unspecified atom stereocenters. The number of carbonyl (C=O) groups excluding carboxylic acids is 2. The highest BCUT2D eigenvalue weighted by Gasteiger charge is 2.08. The minimum absolute atomic E-state index is 0.00497. The summed E-state index contributed by atoms with van der Waals surface area (Å²) < 4.78 is 0. The number of fused-ring (bicyclic) bond motifs is 1. The average Bonchev–Trinajstić information content (AvgIpc) is 2.70. The fraction of sp³-hybridized carbons (Fsp3) is 0.182. The maximum atomic E-state index is 12.0. The Kier molecular flexibility index (Phi) is 5.99. The van der Waals surface area contributed by atoms with Gasteiger partial charge in [-0.25, -0.2) is 0 Å². The van der Waals surface area contributed by atoms with Crippen molar-refractivity contribution in [1.29, 1.82) is 0 Å². The Bertz CT molecular complexity index is 886. The summed E-state index contributed by atoms with van der Waals surface area (Å²) >= 11 is 0. The predicted molar refractivity (Wildman–Crippen MR) is 105 cm³/mol. The van der Waals surface area contributed by atoms with Gasteiger partial charge in [-0.05, 0) is 11.5 Å². The summed E-state index contributed by atoms with van der Waals surface area (Å²) in [6, 6.07) is 23.4. The number of ketones is 1. The van der Waals surface area contributed by atoms with Crippen molar-refractivity contribution in [2.45, 2.75) is 12.8 Å². The fourth-order valence-electron chi connectivity index (χ4n) is 2.86. The molecule has 0 saturated carbocycles. The van der Waals surface area contributed by atoms with Gasteiger partial charge in [0, 0.05) is 42.6 Å². The van der Waals surface area contributed by atoms with Gasteiger partial charge in [0.05, 0.1) is 0 Å². The minimum Gasteiger partial charge on any atom is -0.383 e.